The van der Waals surface area contributed by atoms with Gasteiger partial charge in [0.1, 0.15) is 5.69 Å². The highest BCUT2D eigenvalue weighted by molar-refractivity contribution is 9.11. The van der Waals surface area contributed by atoms with Gasteiger partial charge in [-0.15, -0.1) is 11.3 Å². The predicted octanol–water partition coefficient (Wildman–Crippen LogP) is 3.49. The van der Waals surface area contributed by atoms with E-state index in [1.165, 1.54) is 16.2 Å². The van der Waals surface area contributed by atoms with Gasteiger partial charge in [-0.05, 0) is 41.6 Å². The van der Waals surface area contributed by atoms with Gasteiger partial charge in [0.05, 0.1) is 6.54 Å². The summed E-state index contributed by atoms with van der Waals surface area (Å²) in [7, 11) is 0. The Morgan fingerprint density at radius 1 is 1.39 bits per heavy atom. The number of carbonyl (C=O) groups excluding carboxylic acids is 1. The first-order valence-corrected chi connectivity index (χ1v) is 9.12. The van der Waals surface area contributed by atoms with Crippen LogP contribution in [0.15, 0.2) is 3.92 Å². The number of alkyl halides is 3. The summed E-state index contributed by atoms with van der Waals surface area (Å²) in [6.45, 7) is 1.64. The first kappa shape index (κ1) is 17.2. The number of piperazine rings is 1. The Kier molecular flexibility index (Phi) is 4.72. The van der Waals surface area contributed by atoms with Gasteiger partial charge in [-0.2, -0.15) is 13.2 Å². The van der Waals surface area contributed by atoms with E-state index in [0.29, 0.717) is 28.6 Å². The van der Waals surface area contributed by atoms with E-state index in [0.717, 1.165) is 17.7 Å². The van der Waals surface area contributed by atoms with Crippen molar-refractivity contribution in [2.24, 2.45) is 0 Å². The molecule has 3 rings (SSSR count). The van der Waals surface area contributed by atoms with Crippen LogP contribution in [0.2, 0.25) is 0 Å². The lowest BCUT2D eigenvalue weighted by Crippen LogP contribution is -2.55. The topological polar surface area (TPSA) is 36.4 Å². The molecule has 128 valence electrons. The van der Waals surface area contributed by atoms with Crippen molar-refractivity contribution < 1.29 is 18.0 Å². The van der Waals surface area contributed by atoms with Gasteiger partial charge in [0.15, 0.2) is 3.92 Å². The number of carbonyl (C=O) groups is 1. The Balaban J connectivity index is 1.68. The zero-order valence-electron chi connectivity index (χ0n) is 12.6. The van der Waals surface area contributed by atoms with Crippen molar-refractivity contribution in [3.63, 3.8) is 0 Å². The summed E-state index contributed by atoms with van der Waals surface area (Å²) in [6.07, 6.45) is -2.06. The summed E-state index contributed by atoms with van der Waals surface area (Å²) in [5, 5.41) is 0. The normalized spacial score (nSPS) is 23.3. The van der Waals surface area contributed by atoms with Crippen molar-refractivity contribution in [1.82, 2.24) is 14.8 Å². The molecular formula is C14H17BrF3N3OS. The largest absolute Gasteiger partial charge is 0.401 e. The number of hydrogen-bond acceptors (Lipinski definition) is 4. The third-order valence-electron chi connectivity index (χ3n) is 4.21. The van der Waals surface area contributed by atoms with Crippen LogP contribution in [0.5, 0.6) is 0 Å². The van der Waals surface area contributed by atoms with Gasteiger partial charge >= 0.3 is 6.18 Å². The van der Waals surface area contributed by atoms with Crippen molar-refractivity contribution >= 4 is 33.2 Å². The third-order valence-corrected chi connectivity index (χ3v) is 5.88. The second kappa shape index (κ2) is 6.33. The fraction of sp³-hybridized carbons (Fsp3) is 0.714. The maximum absolute atomic E-state index is 12.7. The summed E-state index contributed by atoms with van der Waals surface area (Å²) in [4.78, 5) is 21.0. The Bertz CT molecular complexity index is 603. The van der Waals surface area contributed by atoms with Crippen LogP contribution in [-0.4, -0.2) is 59.1 Å². The highest BCUT2D eigenvalue weighted by Crippen LogP contribution is 2.45. The first-order valence-electron chi connectivity index (χ1n) is 7.51. The third kappa shape index (κ3) is 4.06. The number of amides is 1. The molecule has 0 radical (unpaired) electrons. The standard InChI is InChI=1S/C14H17BrF3N3OS/c1-8-6-20(4-5-21(8)7-14(16,17)18)12(22)10-11(9-2-3-9)23-13(15)19-10/h8-9H,2-7H2,1H3/t8-/m1/s1. The lowest BCUT2D eigenvalue weighted by Gasteiger charge is -2.39. The molecule has 0 spiro atoms. The number of aromatic nitrogens is 1. The minimum Gasteiger partial charge on any atom is -0.334 e. The van der Waals surface area contributed by atoms with Gasteiger partial charge in [-0.3, -0.25) is 9.69 Å². The smallest absolute Gasteiger partial charge is 0.334 e. The lowest BCUT2D eigenvalue weighted by molar-refractivity contribution is -0.153. The SMILES string of the molecule is C[C@@H]1CN(C(=O)c2nc(Br)sc2C2CC2)CCN1CC(F)(F)F. The van der Waals surface area contributed by atoms with E-state index in [1.807, 2.05) is 0 Å². The highest BCUT2D eigenvalue weighted by Gasteiger charge is 2.38. The molecule has 1 aliphatic heterocycles. The fourth-order valence-corrected chi connectivity index (χ4v) is 4.53. The molecule has 9 heteroatoms. The molecular weight excluding hydrogens is 395 g/mol. The minimum atomic E-state index is -4.21. The van der Waals surface area contributed by atoms with Crippen LogP contribution in [0.4, 0.5) is 13.2 Å². The maximum Gasteiger partial charge on any atom is 0.401 e. The van der Waals surface area contributed by atoms with Crippen molar-refractivity contribution in [3.05, 3.63) is 14.5 Å². The van der Waals surface area contributed by atoms with E-state index in [2.05, 4.69) is 20.9 Å². The van der Waals surface area contributed by atoms with Crippen LogP contribution in [0.25, 0.3) is 0 Å². The van der Waals surface area contributed by atoms with Gasteiger partial charge in [0.25, 0.3) is 5.91 Å². The van der Waals surface area contributed by atoms with Crippen molar-refractivity contribution in [3.8, 4) is 0 Å². The summed E-state index contributed by atoms with van der Waals surface area (Å²) < 4.78 is 38.3. The van der Waals surface area contributed by atoms with Gasteiger partial charge in [-0.25, -0.2) is 4.98 Å². The Hall–Kier alpha value is -0.670. The van der Waals surface area contributed by atoms with Crippen LogP contribution in [0, 0.1) is 0 Å². The van der Waals surface area contributed by atoms with E-state index in [9.17, 15) is 18.0 Å². The summed E-state index contributed by atoms with van der Waals surface area (Å²) in [5.41, 5.74) is 0.473. The molecule has 2 aliphatic rings. The zero-order chi connectivity index (χ0) is 16.8. The summed E-state index contributed by atoms with van der Waals surface area (Å²) >= 11 is 4.81. The number of rotatable bonds is 3. The van der Waals surface area contributed by atoms with Gasteiger partial charge in [0.2, 0.25) is 0 Å². The highest BCUT2D eigenvalue weighted by atomic mass is 79.9. The van der Waals surface area contributed by atoms with Gasteiger partial charge in [-0.1, -0.05) is 0 Å². The molecule has 1 amide bonds. The van der Waals surface area contributed by atoms with Crippen molar-refractivity contribution in [2.45, 2.75) is 37.9 Å². The second-order valence-electron chi connectivity index (χ2n) is 6.14. The zero-order valence-corrected chi connectivity index (χ0v) is 15.0. The van der Waals surface area contributed by atoms with Crippen molar-refractivity contribution in [1.29, 1.82) is 0 Å². The summed E-state index contributed by atoms with van der Waals surface area (Å²) in [6, 6.07) is -0.319. The van der Waals surface area contributed by atoms with Gasteiger partial charge in [0, 0.05) is 30.6 Å². The molecule has 1 aromatic rings. The molecule has 1 aromatic heterocycles. The quantitative estimate of drug-likeness (QED) is 0.763. The van der Waals surface area contributed by atoms with E-state index < -0.39 is 12.7 Å². The second-order valence-corrected chi connectivity index (χ2v) is 8.45. The average Bonchev–Trinajstić information content (AvgIpc) is 3.22. The first-order chi connectivity index (χ1) is 10.7. The monoisotopic (exact) mass is 411 g/mol. The summed E-state index contributed by atoms with van der Waals surface area (Å²) in [5.74, 6) is 0.258. The molecule has 23 heavy (non-hydrogen) atoms. The molecule has 1 saturated carbocycles. The Labute approximate surface area is 144 Å². The van der Waals surface area contributed by atoms with Crippen LogP contribution < -0.4 is 0 Å². The molecule has 1 saturated heterocycles. The fourth-order valence-electron chi connectivity index (χ4n) is 2.87. The van der Waals surface area contributed by atoms with E-state index in [1.54, 1.807) is 11.8 Å². The molecule has 0 aromatic carbocycles. The molecule has 1 atom stereocenters. The van der Waals surface area contributed by atoms with Crippen LogP contribution in [0.1, 0.15) is 41.0 Å². The van der Waals surface area contributed by atoms with E-state index in [-0.39, 0.29) is 18.5 Å². The van der Waals surface area contributed by atoms with Crippen molar-refractivity contribution in [2.75, 3.05) is 26.2 Å². The lowest BCUT2D eigenvalue weighted by atomic mass is 10.1. The molecule has 0 bridgehead atoms. The molecule has 0 N–H and O–H groups in total. The Morgan fingerprint density at radius 3 is 2.65 bits per heavy atom. The Morgan fingerprint density at radius 2 is 2.09 bits per heavy atom. The van der Waals surface area contributed by atoms with E-state index >= 15 is 0 Å². The molecule has 2 fully saturated rings. The maximum atomic E-state index is 12.7. The van der Waals surface area contributed by atoms with Crippen LogP contribution in [-0.2, 0) is 0 Å². The van der Waals surface area contributed by atoms with Crippen LogP contribution in [0.3, 0.4) is 0 Å². The molecule has 0 unspecified atom stereocenters. The number of hydrogen-bond donors (Lipinski definition) is 0. The predicted molar refractivity (Wildman–Crippen MR) is 84.8 cm³/mol. The average molecular weight is 412 g/mol. The molecule has 1 aliphatic carbocycles. The number of nitrogens with zero attached hydrogens (tertiary/aromatic N) is 3. The number of thiazole rings is 1. The van der Waals surface area contributed by atoms with E-state index in [4.69, 9.17) is 0 Å². The number of halogens is 4. The minimum absolute atomic E-state index is 0.160. The van der Waals surface area contributed by atoms with Crippen LogP contribution >= 0.6 is 27.3 Å². The molecule has 2 heterocycles. The van der Waals surface area contributed by atoms with Gasteiger partial charge < -0.3 is 4.90 Å². The molecule has 4 nitrogen and oxygen atoms in total.